The summed E-state index contributed by atoms with van der Waals surface area (Å²) < 4.78 is 5.27. The molecule has 0 unspecified atom stereocenters. The van der Waals surface area contributed by atoms with E-state index in [2.05, 4.69) is 17.1 Å². The van der Waals surface area contributed by atoms with Crippen LogP contribution in [-0.4, -0.2) is 74.1 Å². The Bertz CT molecular complexity index is 304. The summed E-state index contributed by atoms with van der Waals surface area (Å²) in [6.45, 7) is 9.24. The third kappa shape index (κ3) is 6.86. The quantitative estimate of drug-likeness (QED) is 0.686. The highest BCUT2D eigenvalue weighted by molar-refractivity contribution is 5.83. The number of hydrogen-bond acceptors (Lipinski definition) is 4. The highest BCUT2D eigenvalue weighted by Gasteiger charge is 2.14. The topological polar surface area (TPSA) is 61.9 Å². The Hall–Kier alpha value is -1.14. The van der Waals surface area contributed by atoms with E-state index in [4.69, 9.17) is 4.74 Å². The maximum absolute atomic E-state index is 11.8. The van der Waals surface area contributed by atoms with Crippen molar-refractivity contribution in [2.24, 2.45) is 0 Å². The van der Waals surface area contributed by atoms with E-state index >= 15 is 0 Å². The van der Waals surface area contributed by atoms with E-state index in [9.17, 15) is 9.59 Å². The predicted molar refractivity (Wildman–Crippen MR) is 77.4 cm³/mol. The summed E-state index contributed by atoms with van der Waals surface area (Å²) in [5.74, 6) is -0.119. The summed E-state index contributed by atoms with van der Waals surface area (Å²) in [4.78, 5) is 27.1. The molecule has 0 aromatic rings. The van der Waals surface area contributed by atoms with Gasteiger partial charge >= 0.3 is 0 Å². The van der Waals surface area contributed by atoms with E-state index < -0.39 is 0 Å². The van der Waals surface area contributed by atoms with Gasteiger partial charge in [-0.3, -0.25) is 14.5 Å². The first-order valence-corrected chi connectivity index (χ1v) is 7.45. The van der Waals surface area contributed by atoms with Crippen molar-refractivity contribution >= 4 is 11.8 Å². The van der Waals surface area contributed by atoms with Crippen molar-refractivity contribution in [3.05, 3.63) is 0 Å². The van der Waals surface area contributed by atoms with E-state index in [0.717, 1.165) is 45.7 Å². The lowest BCUT2D eigenvalue weighted by atomic mass is 10.3. The second-order valence-electron chi connectivity index (χ2n) is 5.10. The van der Waals surface area contributed by atoms with Crippen LogP contribution in [0.2, 0.25) is 0 Å². The molecule has 1 rings (SSSR count). The number of unbranched alkanes of at least 4 members (excludes halogenated alkanes) is 1. The monoisotopic (exact) mass is 285 g/mol. The van der Waals surface area contributed by atoms with Crippen LogP contribution in [0.15, 0.2) is 0 Å². The van der Waals surface area contributed by atoms with Gasteiger partial charge < -0.3 is 15.0 Å². The lowest BCUT2D eigenvalue weighted by Gasteiger charge is -2.26. The highest BCUT2D eigenvalue weighted by Crippen LogP contribution is 1.97. The van der Waals surface area contributed by atoms with E-state index in [1.54, 1.807) is 4.90 Å². The molecule has 6 heteroatoms. The molecular weight excluding hydrogens is 258 g/mol. The van der Waals surface area contributed by atoms with Crippen molar-refractivity contribution in [3.63, 3.8) is 0 Å². The second-order valence-corrected chi connectivity index (χ2v) is 5.10. The number of nitrogens with one attached hydrogen (secondary N) is 1. The SMILES string of the molecule is CCCCN(CC(=O)NCCN1CCOCC1)C(C)=O. The van der Waals surface area contributed by atoms with Crippen LogP contribution in [0, 0.1) is 0 Å². The first kappa shape index (κ1) is 16.9. The highest BCUT2D eigenvalue weighted by atomic mass is 16.5. The minimum absolute atomic E-state index is 0.0400. The fourth-order valence-corrected chi connectivity index (χ4v) is 2.10. The number of amides is 2. The molecule has 0 radical (unpaired) electrons. The zero-order valence-corrected chi connectivity index (χ0v) is 12.7. The Labute approximate surface area is 121 Å². The van der Waals surface area contributed by atoms with E-state index in [0.29, 0.717) is 13.1 Å². The smallest absolute Gasteiger partial charge is 0.239 e. The summed E-state index contributed by atoms with van der Waals surface area (Å²) in [7, 11) is 0. The third-order valence-corrected chi connectivity index (χ3v) is 3.42. The summed E-state index contributed by atoms with van der Waals surface area (Å²) >= 11 is 0. The van der Waals surface area contributed by atoms with Crippen molar-refractivity contribution in [1.82, 2.24) is 15.1 Å². The zero-order valence-electron chi connectivity index (χ0n) is 12.7. The average Bonchev–Trinajstić information content (AvgIpc) is 2.44. The molecule has 0 atom stereocenters. The number of nitrogens with zero attached hydrogens (tertiary/aromatic N) is 2. The summed E-state index contributed by atoms with van der Waals surface area (Å²) in [6.07, 6.45) is 1.95. The Morgan fingerprint density at radius 2 is 2.00 bits per heavy atom. The van der Waals surface area contributed by atoms with Crippen molar-refractivity contribution in [2.75, 3.05) is 52.5 Å². The van der Waals surface area contributed by atoms with Crippen LogP contribution in [0.1, 0.15) is 26.7 Å². The number of carbonyl (C=O) groups excluding carboxylic acids is 2. The molecule has 1 heterocycles. The van der Waals surface area contributed by atoms with Gasteiger partial charge in [0.25, 0.3) is 0 Å². The van der Waals surface area contributed by atoms with Gasteiger partial charge in [-0.05, 0) is 6.42 Å². The lowest BCUT2D eigenvalue weighted by Crippen LogP contribution is -2.44. The molecule has 0 aromatic carbocycles. The first-order chi connectivity index (χ1) is 9.63. The largest absolute Gasteiger partial charge is 0.379 e. The van der Waals surface area contributed by atoms with Crippen molar-refractivity contribution < 1.29 is 14.3 Å². The van der Waals surface area contributed by atoms with E-state index in [1.165, 1.54) is 6.92 Å². The molecule has 116 valence electrons. The van der Waals surface area contributed by atoms with Gasteiger partial charge in [0.1, 0.15) is 0 Å². The van der Waals surface area contributed by atoms with Gasteiger partial charge in [-0.15, -0.1) is 0 Å². The molecule has 1 aliphatic rings. The summed E-state index contributed by atoms with van der Waals surface area (Å²) in [5.41, 5.74) is 0. The molecule has 1 saturated heterocycles. The molecular formula is C14H27N3O3. The number of ether oxygens (including phenoxy) is 1. The summed E-state index contributed by atoms with van der Waals surface area (Å²) in [5, 5.41) is 2.88. The molecule has 20 heavy (non-hydrogen) atoms. The molecule has 1 fully saturated rings. The number of morpholine rings is 1. The maximum Gasteiger partial charge on any atom is 0.239 e. The predicted octanol–water partition coefficient (Wildman–Crippen LogP) is 0.0834. The molecule has 1 aliphatic heterocycles. The zero-order chi connectivity index (χ0) is 14.8. The van der Waals surface area contributed by atoms with Crippen LogP contribution in [-0.2, 0) is 14.3 Å². The van der Waals surface area contributed by atoms with Crippen LogP contribution < -0.4 is 5.32 Å². The Balaban J connectivity index is 2.18. The molecule has 0 aliphatic carbocycles. The van der Waals surface area contributed by atoms with Gasteiger partial charge in [0.2, 0.25) is 11.8 Å². The van der Waals surface area contributed by atoms with Crippen molar-refractivity contribution in [1.29, 1.82) is 0 Å². The van der Waals surface area contributed by atoms with Gasteiger partial charge in [0.05, 0.1) is 19.8 Å². The second kappa shape index (κ2) is 9.72. The molecule has 0 aromatic heterocycles. The molecule has 0 bridgehead atoms. The van der Waals surface area contributed by atoms with Crippen LogP contribution in [0.25, 0.3) is 0 Å². The molecule has 0 saturated carbocycles. The van der Waals surface area contributed by atoms with E-state index in [1.807, 2.05) is 0 Å². The number of carbonyl (C=O) groups is 2. The van der Waals surface area contributed by atoms with Gasteiger partial charge in [-0.25, -0.2) is 0 Å². The minimum Gasteiger partial charge on any atom is -0.379 e. The minimum atomic E-state index is -0.0791. The van der Waals surface area contributed by atoms with E-state index in [-0.39, 0.29) is 18.4 Å². The van der Waals surface area contributed by atoms with Gasteiger partial charge in [0.15, 0.2) is 0 Å². The molecule has 1 N–H and O–H groups in total. The van der Waals surface area contributed by atoms with Crippen LogP contribution in [0.4, 0.5) is 0 Å². The fourth-order valence-electron chi connectivity index (χ4n) is 2.10. The fraction of sp³-hybridized carbons (Fsp3) is 0.857. The van der Waals surface area contributed by atoms with Gasteiger partial charge in [-0.2, -0.15) is 0 Å². The molecule has 6 nitrogen and oxygen atoms in total. The average molecular weight is 285 g/mol. The summed E-state index contributed by atoms with van der Waals surface area (Å²) in [6, 6.07) is 0. The first-order valence-electron chi connectivity index (χ1n) is 7.45. The van der Waals surface area contributed by atoms with Crippen molar-refractivity contribution in [2.45, 2.75) is 26.7 Å². The van der Waals surface area contributed by atoms with Crippen LogP contribution in [0.5, 0.6) is 0 Å². The lowest BCUT2D eigenvalue weighted by molar-refractivity contribution is -0.134. The van der Waals surface area contributed by atoms with Crippen LogP contribution >= 0.6 is 0 Å². The van der Waals surface area contributed by atoms with Gasteiger partial charge in [0, 0.05) is 39.6 Å². The number of rotatable bonds is 8. The third-order valence-electron chi connectivity index (χ3n) is 3.42. The Morgan fingerprint density at radius 3 is 2.60 bits per heavy atom. The van der Waals surface area contributed by atoms with Crippen molar-refractivity contribution in [3.8, 4) is 0 Å². The standard InChI is InChI=1S/C14H27N3O3/c1-3-4-6-17(13(2)18)12-14(19)15-5-7-16-8-10-20-11-9-16/h3-12H2,1-2H3,(H,15,19). The Morgan fingerprint density at radius 1 is 1.30 bits per heavy atom. The van der Waals surface area contributed by atoms with Gasteiger partial charge in [-0.1, -0.05) is 13.3 Å². The molecule has 2 amide bonds. The normalized spacial score (nSPS) is 15.9. The Kier molecular flexibility index (Phi) is 8.22. The number of hydrogen-bond donors (Lipinski definition) is 1. The van der Waals surface area contributed by atoms with Crippen LogP contribution in [0.3, 0.4) is 0 Å². The maximum atomic E-state index is 11.8. The molecule has 0 spiro atoms.